The highest BCUT2D eigenvalue weighted by atomic mass is 19.1. The third kappa shape index (κ3) is 3.52. The number of piperidine rings is 1. The predicted molar refractivity (Wildman–Crippen MR) is 85.6 cm³/mol. The zero-order chi connectivity index (χ0) is 16.6. The smallest absolute Gasteiger partial charge is 0.250 e. The Hall–Kier alpha value is -1.95. The molecule has 0 unspecified atom stereocenters. The van der Waals surface area contributed by atoms with Crippen LogP contribution < -0.4 is 11.1 Å². The minimum absolute atomic E-state index is 0.0197. The SMILES string of the molecule is Cc1cc(F)c(NC(=O)C2CCN(C3CC3)CC2)c(C(N)=O)c1. The summed E-state index contributed by atoms with van der Waals surface area (Å²) in [5.41, 5.74) is 5.81. The van der Waals surface area contributed by atoms with Gasteiger partial charge in [-0.15, -0.1) is 0 Å². The van der Waals surface area contributed by atoms with Gasteiger partial charge in [-0.05, 0) is 63.4 Å². The number of carbonyl (C=O) groups is 2. The number of aryl methyl sites for hydroxylation is 1. The minimum atomic E-state index is -0.744. The highest BCUT2D eigenvalue weighted by Crippen LogP contribution is 2.31. The van der Waals surface area contributed by atoms with Crippen LogP contribution in [0.15, 0.2) is 12.1 Å². The minimum Gasteiger partial charge on any atom is -0.366 e. The van der Waals surface area contributed by atoms with Crippen molar-refractivity contribution in [1.82, 2.24) is 4.90 Å². The average Bonchev–Trinajstić information content (AvgIpc) is 3.34. The summed E-state index contributed by atoms with van der Waals surface area (Å²) in [7, 11) is 0. The number of halogens is 1. The molecule has 0 atom stereocenters. The topological polar surface area (TPSA) is 75.4 Å². The van der Waals surface area contributed by atoms with Crippen LogP contribution in [0.5, 0.6) is 0 Å². The third-order valence-corrected chi connectivity index (χ3v) is 4.71. The number of nitrogens with zero attached hydrogens (tertiary/aromatic N) is 1. The number of nitrogens with two attached hydrogens (primary N) is 1. The molecule has 1 aromatic rings. The van der Waals surface area contributed by atoms with Gasteiger partial charge in [0.2, 0.25) is 5.91 Å². The first-order valence-electron chi connectivity index (χ1n) is 8.10. The maximum absolute atomic E-state index is 14.1. The van der Waals surface area contributed by atoms with E-state index in [0.29, 0.717) is 11.6 Å². The van der Waals surface area contributed by atoms with E-state index in [2.05, 4.69) is 10.2 Å². The monoisotopic (exact) mass is 319 g/mol. The summed E-state index contributed by atoms with van der Waals surface area (Å²) >= 11 is 0. The van der Waals surface area contributed by atoms with Crippen molar-refractivity contribution >= 4 is 17.5 Å². The highest BCUT2D eigenvalue weighted by Gasteiger charge is 2.34. The normalized spacial score (nSPS) is 19.6. The molecule has 3 N–H and O–H groups in total. The second kappa shape index (κ2) is 6.28. The number of rotatable bonds is 4. The molecule has 1 aromatic carbocycles. The van der Waals surface area contributed by atoms with Crippen molar-refractivity contribution in [1.29, 1.82) is 0 Å². The Balaban J connectivity index is 1.69. The Labute approximate surface area is 135 Å². The van der Waals surface area contributed by atoms with Crippen molar-refractivity contribution in [2.24, 2.45) is 11.7 Å². The highest BCUT2D eigenvalue weighted by molar-refractivity contribution is 6.03. The summed E-state index contributed by atoms with van der Waals surface area (Å²) in [6.07, 6.45) is 4.05. The first-order chi connectivity index (χ1) is 11.0. The lowest BCUT2D eigenvalue weighted by Gasteiger charge is -2.31. The molecule has 1 saturated carbocycles. The number of benzene rings is 1. The van der Waals surface area contributed by atoms with E-state index in [-0.39, 0.29) is 23.1 Å². The van der Waals surface area contributed by atoms with E-state index in [9.17, 15) is 14.0 Å². The molecule has 2 aliphatic rings. The van der Waals surface area contributed by atoms with Gasteiger partial charge in [-0.1, -0.05) is 0 Å². The van der Waals surface area contributed by atoms with Crippen LogP contribution in [0.4, 0.5) is 10.1 Å². The van der Waals surface area contributed by atoms with Gasteiger partial charge in [0.05, 0.1) is 11.3 Å². The van der Waals surface area contributed by atoms with Crippen molar-refractivity contribution < 1.29 is 14.0 Å². The number of amides is 2. The lowest BCUT2D eigenvalue weighted by Crippen LogP contribution is -2.39. The van der Waals surface area contributed by atoms with Gasteiger partial charge in [0.25, 0.3) is 5.91 Å². The van der Waals surface area contributed by atoms with E-state index in [1.54, 1.807) is 6.92 Å². The van der Waals surface area contributed by atoms with Crippen LogP contribution in [0.25, 0.3) is 0 Å². The quantitative estimate of drug-likeness (QED) is 0.892. The van der Waals surface area contributed by atoms with Gasteiger partial charge >= 0.3 is 0 Å². The van der Waals surface area contributed by atoms with Crippen LogP contribution in [0.2, 0.25) is 0 Å². The standard InChI is InChI=1S/C17H22FN3O2/c1-10-8-13(16(19)22)15(14(18)9-10)20-17(23)11-4-6-21(7-5-11)12-2-3-12/h8-9,11-12H,2-7H2,1H3,(H2,19,22)(H,20,23). The molecule has 1 heterocycles. The molecule has 5 nitrogen and oxygen atoms in total. The molecule has 6 heteroatoms. The third-order valence-electron chi connectivity index (χ3n) is 4.71. The van der Waals surface area contributed by atoms with Gasteiger partial charge < -0.3 is 16.0 Å². The molecular weight excluding hydrogens is 297 g/mol. The molecule has 0 radical (unpaired) electrons. The molecule has 1 saturated heterocycles. The summed E-state index contributed by atoms with van der Waals surface area (Å²) in [4.78, 5) is 26.4. The van der Waals surface area contributed by atoms with Crippen LogP contribution in [-0.2, 0) is 4.79 Å². The summed E-state index contributed by atoms with van der Waals surface area (Å²) in [6.45, 7) is 3.48. The van der Waals surface area contributed by atoms with Crippen LogP contribution >= 0.6 is 0 Å². The van der Waals surface area contributed by atoms with Crippen molar-refractivity contribution in [3.63, 3.8) is 0 Å². The molecule has 1 aliphatic carbocycles. The molecule has 23 heavy (non-hydrogen) atoms. The van der Waals surface area contributed by atoms with Crippen molar-refractivity contribution in [3.8, 4) is 0 Å². The van der Waals surface area contributed by atoms with Crippen molar-refractivity contribution in [2.45, 2.75) is 38.6 Å². The Morgan fingerprint density at radius 2 is 1.87 bits per heavy atom. The lowest BCUT2D eigenvalue weighted by atomic mass is 9.95. The fourth-order valence-electron chi connectivity index (χ4n) is 3.26. The van der Waals surface area contributed by atoms with Gasteiger partial charge in [0.15, 0.2) is 0 Å². The van der Waals surface area contributed by atoms with E-state index < -0.39 is 11.7 Å². The predicted octanol–water partition coefficient (Wildman–Crippen LogP) is 2.05. The van der Waals surface area contributed by atoms with E-state index >= 15 is 0 Å². The molecule has 2 fully saturated rings. The number of nitrogens with one attached hydrogen (secondary N) is 1. The Morgan fingerprint density at radius 1 is 1.22 bits per heavy atom. The van der Waals surface area contributed by atoms with Crippen LogP contribution in [0, 0.1) is 18.7 Å². The lowest BCUT2D eigenvalue weighted by molar-refractivity contribution is -0.121. The maximum atomic E-state index is 14.1. The summed E-state index contributed by atoms with van der Waals surface area (Å²) in [5.74, 6) is -1.74. The number of hydrogen-bond donors (Lipinski definition) is 2. The molecule has 124 valence electrons. The Kier molecular flexibility index (Phi) is 4.35. The number of likely N-dealkylation sites (tertiary alicyclic amines) is 1. The maximum Gasteiger partial charge on any atom is 0.250 e. The summed E-state index contributed by atoms with van der Waals surface area (Å²) in [5, 5.41) is 2.58. The van der Waals surface area contributed by atoms with E-state index in [1.165, 1.54) is 25.0 Å². The number of hydrogen-bond acceptors (Lipinski definition) is 3. The van der Waals surface area contributed by atoms with Gasteiger partial charge in [0, 0.05) is 12.0 Å². The number of anilines is 1. The summed E-state index contributed by atoms with van der Waals surface area (Å²) in [6, 6.07) is 3.49. The fourth-order valence-corrected chi connectivity index (χ4v) is 3.26. The Bertz CT molecular complexity index is 635. The zero-order valence-electron chi connectivity index (χ0n) is 13.3. The van der Waals surface area contributed by atoms with Crippen LogP contribution in [-0.4, -0.2) is 35.8 Å². The van der Waals surface area contributed by atoms with Gasteiger partial charge in [-0.3, -0.25) is 9.59 Å². The van der Waals surface area contributed by atoms with Gasteiger partial charge in [-0.25, -0.2) is 4.39 Å². The molecule has 0 aromatic heterocycles. The second-order valence-electron chi connectivity index (χ2n) is 6.56. The van der Waals surface area contributed by atoms with Crippen molar-refractivity contribution in [3.05, 3.63) is 29.1 Å². The van der Waals surface area contributed by atoms with E-state index in [0.717, 1.165) is 25.9 Å². The van der Waals surface area contributed by atoms with E-state index in [1.807, 2.05) is 0 Å². The number of carbonyl (C=O) groups excluding carboxylic acids is 2. The van der Waals surface area contributed by atoms with Gasteiger partial charge in [-0.2, -0.15) is 0 Å². The second-order valence-corrected chi connectivity index (χ2v) is 6.56. The molecule has 0 spiro atoms. The van der Waals surface area contributed by atoms with Gasteiger partial charge in [0.1, 0.15) is 5.82 Å². The molecular formula is C17H22FN3O2. The van der Waals surface area contributed by atoms with Crippen molar-refractivity contribution in [2.75, 3.05) is 18.4 Å². The largest absolute Gasteiger partial charge is 0.366 e. The Morgan fingerprint density at radius 3 is 2.43 bits per heavy atom. The molecule has 1 aliphatic heterocycles. The molecule has 3 rings (SSSR count). The van der Waals surface area contributed by atoms with E-state index in [4.69, 9.17) is 5.73 Å². The van der Waals surface area contributed by atoms with Crippen LogP contribution in [0.1, 0.15) is 41.6 Å². The number of primary amides is 1. The molecule has 0 bridgehead atoms. The summed E-state index contributed by atoms with van der Waals surface area (Å²) < 4.78 is 14.1. The first kappa shape index (κ1) is 15.9. The first-order valence-corrected chi connectivity index (χ1v) is 8.10. The van der Waals surface area contributed by atoms with Crippen LogP contribution in [0.3, 0.4) is 0 Å². The molecule has 2 amide bonds. The fraction of sp³-hybridized carbons (Fsp3) is 0.529. The average molecular weight is 319 g/mol. The zero-order valence-corrected chi connectivity index (χ0v) is 13.3.